The molecule has 0 aliphatic heterocycles. The molecule has 0 radical (unpaired) electrons. The average Bonchev–Trinajstić information content (AvgIpc) is 2.85. The van der Waals surface area contributed by atoms with Crippen LogP contribution in [0.5, 0.6) is 0 Å². The average molecular weight is 271 g/mol. The summed E-state index contributed by atoms with van der Waals surface area (Å²) in [7, 11) is 0. The minimum Gasteiger partial charge on any atom is -0.344 e. The first kappa shape index (κ1) is 14.0. The molecular weight excluding hydrogens is 254 g/mol. The quantitative estimate of drug-likeness (QED) is 0.838. The number of aromatic nitrogens is 2. The van der Waals surface area contributed by atoms with Gasteiger partial charge in [-0.15, -0.1) is 0 Å². The molecule has 0 bridgehead atoms. The predicted molar refractivity (Wildman–Crippen MR) is 75.7 cm³/mol. The zero-order valence-corrected chi connectivity index (χ0v) is 11.7. The molecule has 0 unspecified atom stereocenters. The Morgan fingerprint density at radius 3 is 2.60 bits per heavy atom. The van der Waals surface area contributed by atoms with Gasteiger partial charge in [0.1, 0.15) is 5.82 Å². The van der Waals surface area contributed by atoms with Crippen molar-refractivity contribution < 1.29 is 9.59 Å². The van der Waals surface area contributed by atoms with Gasteiger partial charge >= 0.3 is 0 Å². The van der Waals surface area contributed by atoms with Crippen LogP contribution in [0.1, 0.15) is 52.1 Å². The number of carbonyl (C=O) groups excluding carboxylic acids is 2. The molecule has 0 fully saturated rings. The van der Waals surface area contributed by atoms with Crippen LogP contribution < -0.4 is 5.32 Å². The lowest BCUT2D eigenvalue weighted by Crippen LogP contribution is -2.27. The zero-order valence-electron chi connectivity index (χ0n) is 11.7. The van der Waals surface area contributed by atoms with Crippen molar-refractivity contribution in [3.8, 4) is 0 Å². The summed E-state index contributed by atoms with van der Waals surface area (Å²) in [6.07, 6.45) is 1.72. The van der Waals surface area contributed by atoms with Crippen LogP contribution in [0.3, 0.4) is 0 Å². The summed E-state index contributed by atoms with van der Waals surface area (Å²) in [5, 5.41) is 2.85. The fraction of sp³-hybridized carbons (Fsp3) is 0.267. The number of ketones is 1. The van der Waals surface area contributed by atoms with E-state index in [2.05, 4.69) is 15.3 Å². The number of Topliss-reactive ketones (excluding diaryl/α,β-unsaturated/α-hetero) is 1. The number of amides is 1. The van der Waals surface area contributed by atoms with Gasteiger partial charge in [-0.2, -0.15) is 0 Å². The van der Waals surface area contributed by atoms with Gasteiger partial charge in [0.15, 0.2) is 5.78 Å². The van der Waals surface area contributed by atoms with E-state index in [4.69, 9.17) is 0 Å². The summed E-state index contributed by atoms with van der Waals surface area (Å²) in [6, 6.07) is 6.45. The van der Waals surface area contributed by atoms with Gasteiger partial charge in [-0.25, -0.2) is 4.98 Å². The molecule has 0 saturated carbocycles. The third-order valence-electron chi connectivity index (χ3n) is 3.01. The molecule has 0 aliphatic rings. The van der Waals surface area contributed by atoms with E-state index in [9.17, 15) is 9.59 Å². The van der Waals surface area contributed by atoms with Crippen LogP contribution in [-0.4, -0.2) is 21.7 Å². The van der Waals surface area contributed by atoms with Gasteiger partial charge in [0.05, 0.1) is 6.04 Å². The van der Waals surface area contributed by atoms with Crippen LogP contribution in [0, 0.1) is 6.92 Å². The van der Waals surface area contributed by atoms with Crippen LogP contribution in [0.4, 0.5) is 0 Å². The summed E-state index contributed by atoms with van der Waals surface area (Å²) < 4.78 is 0. The zero-order chi connectivity index (χ0) is 14.7. The van der Waals surface area contributed by atoms with Gasteiger partial charge in [0, 0.05) is 23.0 Å². The minimum atomic E-state index is -0.227. The SMILES string of the molecule is CC(=O)c1cccc(C(=O)N[C@@H](C)c2ncc(C)[nH]2)c1. The lowest BCUT2D eigenvalue weighted by atomic mass is 10.1. The summed E-state index contributed by atoms with van der Waals surface area (Å²) in [6.45, 7) is 5.23. The fourth-order valence-electron chi connectivity index (χ4n) is 1.88. The van der Waals surface area contributed by atoms with Gasteiger partial charge in [-0.3, -0.25) is 9.59 Å². The Bertz CT molecular complexity index is 646. The van der Waals surface area contributed by atoms with Crippen molar-refractivity contribution in [2.24, 2.45) is 0 Å². The molecule has 104 valence electrons. The van der Waals surface area contributed by atoms with Crippen LogP contribution >= 0.6 is 0 Å². The van der Waals surface area contributed by atoms with Crippen LogP contribution in [0.15, 0.2) is 30.5 Å². The molecule has 1 aromatic carbocycles. The Kier molecular flexibility index (Phi) is 3.98. The molecule has 2 N–H and O–H groups in total. The number of imidazole rings is 1. The second-order valence-corrected chi connectivity index (χ2v) is 4.78. The molecule has 5 heteroatoms. The highest BCUT2D eigenvalue weighted by Crippen LogP contribution is 2.11. The smallest absolute Gasteiger partial charge is 0.251 e. The fourth-order valence-corrected chi connectivity index (χ4v) is 1.88. The summed E-state index contributed by atoms with van der Waals surface area (Å²) >= 11 is 0. The van der Waals surface area contributed by atoms with Gasteiger partial charge < -0.3 is 10.3 Å². The molecule has 0 saturated heterocycles. The van der Waals surface area contributed by atoms with Crippen molar-refractivity contribution in [1.29, 1.82) is 0 Å². The highest BCUT2D eigenvalue weighted by Gasteiger charge is 2.14. The normalized spacial score (nSPS) is 11.9. The molecule has 1 amide bonds. The van der Waals surface area contributed by atoms with Gasteiger partial charge in [0.2, 0.25) is 0 Å². The number of hydrogen-bond donors (Lipinski definition) is 2. The third kappa shape index (κ3) is 3.12. The Hall–Kier alpha value is -2.43. The number of carbonyl (C=O) groups is 2. The number of H-pyrrole nitrogens is 1. The van der Waals surface area contributed by atoms with E-state index in [1.165, 1.54) is 6.92 Å². The van der Waals surface area contributed by atoms with E-state index in [-0.39, 0.29) is 17.7 Å². The summed E-state index contributed by atoms with van der Waals surface area (Å²) in [4.78, 5) is 30.7. The number of nitrogens with zero attached hydrogens (tertiary/aromatic N) is 1. The maximum atomic E-state index is 12.1. The Morgan fingerprint density at radius 1 is 1.30 bits per heavy atom. The standard InChI is InChI=1S/C15H17N3O2/c1-9-8-16-14(17-9)10(2)18-15(20)13-6-4-5-12(7-13)11(3)19/h4-8,10H,1-3H3,(H,16,17)(H,18,20)/t10-/m0/s1. The topological polar surface area (TPSA) is 74.8 Å². The van der Waals surface area contributed by atoms with E-state index in [0.29, 0.717) is 17.0 Å². The Morgan fingerprint density at radius 2 is 2.00 bits per heavy atom. The minimum absolute atomic E-state index is 0.0608. The number of aromatic amines is 1. The lowest BCUT2D eigenvalue weighted by Gasteiger charge is -2.12. The number of hydrogen-bond acceptors (Lipinski definition) is 3. The molecule has 1 heterocycles. The number of aryl methyl sites for hydroxylation is 1. The molecule has 5 nitrogen and oxygen atoms in total. The molecule has 20 heavy (non-hydrogen) atoms. The second-order valence-electron chi connectivity index (χ2n) is 4.78. The number of benzene rings is 1. The largest absolute Gasteiger partial charge is 0.344 e. The molecule has 0 spiro atoms. The van der Waals surface area contributed by atoms with E-state index >= 15 is 0 Å². The lowest BCUT2D eigenvalue weighted by molar-refractivity contribution is 0.0938. The monoisotopic (exact) mass is 271 g/mol. The maximum absolute atomic E-state index is 12.1. The first-order chi connectivity index (χ1) is 9.47. The Balaban J connectivity index is 2.12. The first-order valence-electron chi connectivity index (χ1n) is 6.40. The van der Waals surface area contributed by atoms with Gasteiger partial charge in [-0.1, -0.05) is 12.1 Å². The number of nitrogens with one attached hydrogen (secondary N) is 2. The van der Waals surface area contributed by atoms with Gasteiger partial charge in [0.25, 0.3) is 5.91 Å². The maximum Gasteiger partial charge on any atom is 0.251 e. The molecule has 0 aliphatic carbocycles. The van der Waals surface area contributed by atoms with Crippen molar-refractivity contribution in [2.45, 2.75) is 26.8 Å². The van der Waals surface area contributed by atoms with E-state index < -0.39 is 0 Å². The molecular formula is C15H17N3O2. The summed E-state index contributed by atoms with van der Waals surface area (Å²) in [5.74, 6) is 0.419. The van der Waals surface area contributed by atoms with Crippen LogP contribution in [0.25, 0.3) is 0 Å². The van der Waals surface area contributed by atoms with Crippen LogP contribution in [0.2, 0.25) is 0 Å². The molecule has 1 aromatic heterocycles. The molecule has 2 aromatic rings. The van der Waals surface area contributed by atoms with E-state index in [1.54, 1.807) is 30.5 Å². The third-order valence-corrected chi connectivity index (χ3v) is 3.01. The van der Waals surface area contributed by atoms with Crippen molar-refractivity contribution >= 4 is 11.7 Å². The van der Waals surface area contributed by atoms with Crippen molar-refractivity contribution in [3.05, 3.63) is 53.1 Å². The molecule has 1 atom stereocenters. The highest BCUT2D eigenvalue weighted by molar-refractivity contribution is 5.99. The summed E-state index contributed by atoms with van der Waals surface area (Å²) in [5.41, 5.74) is 1.94. The van der Waals surface area contributed by atoms with E-state index in [1.807, 2.05) is 13.8 Å². The van der Waals surface area contributed by atoms with E-state index in [0.717, 1.165) is 5.69 Å². The second kappa shape index (κ2) is 5.69. The highest BCUT2D eigenvalue weighted by atomic mass is 16.1. The van der Waals surface area contributed by atoms with Crippen LogP contribution in [-0.2, 0) is 0 Å². The Labute approximate surface area is 117 Å². The first-order valence-corrected chi connectivity index (χ1v) is 6.40. The van der Waals surface area contributed by atoms with Crippen molar-refractivity contribution in [2.75, 3.05) is 0 Å². The molecule has 2 rings (SSSR count). The van der Waals surface area contributed by atoms with Crippen molar-refractivity contribution in [1.82, 2.24) is 15.3 Å². The predicted octanol–water partition coefficient (Wildman–Crippen LogP) is 2.41. The van der Waals surface area contributed by atoms with Gasteiger partial charge in [-0.05, 0) is 32.9 Å². The number of rotatable bonds is 4. The van der Waals surface area contributed by atoms with Crippen molar-refractivity contribution in [3.63, 3.8) is 0 Å².